The van der Waals surface area contributed by atoms with E-state index in [-0.39, 0.29) is 29.6 Å². The molecule has 8 heteroatoms. The zero-order valence-electron chi connectivity index (χ0n) is 28.8. The second-order valence-corrected chi connectivity index (χ2v) is 13.8. The Balaban J connectivity index is 0.000000170. The van der Waals surface area contributed by atoms with Gasteiger partial charge in [0.25, 0.3) is 0 Å². The molecule has 3 fully saturated rings. The molecule has 0 spiro atoms. The number of rotatable bonds is 2. The van der Waals surface area contributed by atoms with Crippen molar-refractivity contribution in [1.82, 2.24) is 19.8 Å². The molecule has 3 unspecified atom stereocenters. The number of aromatic nitrogens is 2. The Morgan fingerprint density at radius 3 is 1.61 bits per heavy atom. The first kappa shape index (κ1) is 33.3. The van der Waals surface area contributed by atoms with Gasteiger partial charge in [0.15, 0.2) is 0 Å². The third kappa shape index (κ3) is 7.45. The number of urea groups is 2. The summed E-state index contributed by atoms with van der Waals surface area (Å²) in [6.07, 6.45) is 6.79. The van der Waals surface area contributed by atoms with E-state index in [1.165, 1.54) is 6.42 Å². The lowest BCUT2D eigenvalue weighted by Crippen LogP contribution is -2.39. The van der Waals surface area contributed by atoms with Gasteiger partial charge in [0, 0.05) is 48.7 Å². The molecule has 2 aliphatic heterocycles. The highest BCUT2D eigenvalue weighted by Gasteiger charge is 2.47. The minimum Gasteiger partial charge on any atom is -0.322 e. The van der Waals surface area contributed by atoms with Crippen molar-refractivity contribution >= 4 is 23.7 Å². The topological polar surface area (TPSA) is 72.9 Å². The summed E-state index contributed by atoms with van der Waals surface area (Å²) in [5.41, 5.74) is 3.66. The highest BCUT2D eigenvalue weighted by molar-refractivity contribution is 5.95. The molecule has 1 aliphatic carbocycles. The Labute approximate surface area is 289 Å². The van der Waals surface area contributed by atoms with Crippen molar-refractivity contribution in [3.8, 4) is 23.7 Å². The van der Waals surface area contributed by atoms with E-state index in [2.05, 4.69) is 54.4 Å². The Morgan fingerprint density at radius 1 is 0.612 bits per heavy atom. The summed E-state index contributed by atoms with van der Waals surface area (Å²) in [6.45, 7) is 7.11. The average Bonchev–Trinajstić information content (AvgIpc) is 3.78. The van der Waals surface area contributed by atoms with Gasteiger partial charge in [-0.1, -0.05) is 80.9 Å². The monoisotopic (exact) mass is 650 g/mol. The van der Waals surface area contributed by atoms with Gasteiger partial charge in [-0.25, -0.2) is 19.6 Å². The number of carbonyl (C=O) groups is 2. The molecule has 248 valence electrons. The Morgan fingerprint density at radius 2 is 1.12 bits per heavy atom. The third-order valence-corrected chi connectivity index (χ3v) is 9.41. The molecule has 2 aromatic heterocycles. The summed E-state index contributed by atoms with van der Waals surface area (Å²) in [7, 11) is 3.75. The number of amides is 4. The second-order valence-electron chi connectivity index (χ2n) is 13.8. The third-order valence-electron chi connectivity index (χ3n) is 9.41. The SMILES string of the molecule is CN1C(=O)N(c2ccc(C#Cc3ccccc3)cn2)C2CCCC21.CN1C(=O)N(c2ccc(C#Cc3ccccc3)cn2)CC1C(C)(C)C. The molecule has 0 N–H and O–H groups in total. The minimum atomic E-state index is -0.00413. The number of carbonyl (C=O) groups excluding carboxylic acids is 2. The number of benzene rings is 2. The average molecular weight is 651 g/mol. The molecule has 7 rings (SSSR count). The van der Waals surface area contributed by atoms with Crippen molar-refractivity contribution < 1.29 is 9.59 Å². The maximum absolute atomic E-state index is 12.5. The zero-order valence-corrected chi connectivity index (χ0v) is 28.8. The van der Waals surface area contributed by atoms with Crippen LogP contribution in [0.25, 0.3) is 0 Å². The molecule has 8 nitrogen and oxygen atoms in total. The molecule has 1 saturated carbocycles. The van der Waals surface area contributed by atoms with Crippen LogP contribution in [0.2, 0.25) is 0 Å². The largest absolute Gasteiger partial charge is 0.326 e. The van der Waals surface area contributed by atoms with Crippen LogP contribution in [0, 0.1) is 29.1 Å². The van der Waals surface area contributed by atoms with Gasteiger partial charge in [0.1, 0.15) is 11.6 Å². The van der Waals surface area contributed by atoms with Crippen LogP contribution in [0.15, 0.2) is 97.3 Å². The summed E-state index contributed by atoms with van der Waals surface area (Å²) in [5, 5.41) is 0. The lowest BCUT2D eigenvalue weighted by Gasteiger charge is -2.30. The lowest BCUT2D eigenvalue weighted by atomic mass is 9.86. The van der Waals surface area contributed by atoms with Crippen LogP contribution in [0.5, 0.6) is 0 Å². The van der Waals surface area contributed by atoms with Crippen LogP contribution in [0.4, 0.5) is 21.2 Å². The van der Waals surface area contributed by atoms with Crippen molar-refractivity contribution in [3.63, 3.8) is 0 Å². The smallest absolute Gasteiger partial charge is 0.322 e. The first-order chi connectivity index (χ1) is 23.6. The van der Waals surface area contributed by atoms with Gasteiger partial charge < -0.3 is 9.80 Å². The molecule has 0 radical (unpaired) electrons. The van der Waals surface area contributed by atoms with Gasteiger partial charge in [-0.3, -0.25) is 9.80 Å². The van der Waals surface area contributed by atoms with Gasteiger partial charge >= 0.3 is 12.1 Å². The van der Waals surface area contributed by atoms with E-state index in [9.17, 15) is 9.59 Å². The number of nitrogens with zero attached hydrogens (tertiary/aromatic N) is 6. The Bertz CT molecular complexity index is 1900. The van der Waals surface area contributed by atoms with Crippen molar-refractivity contribution in [1.29, 1.82) is 0 Å². The molecule has 4 amide bonds. The predicted molar refractivity (Wildman–Crippen MR) is 194 cm³/mol. The van der Waals surface area contributed by atoms with E-state index in [1.807, 2.05) is 114 Å². The van der Waals surface area contributed by atoms with Crippen LogP contribution in [-0.2, 0) is 0 Å². The van der Waals surface area contributed by atoms with E-state index < -0.39 is 0 Å². The van der Waals surface area contributed by atoms with Crippen LogP contribution >= 0.6 is 0 Å². The molecule has 49 heavy (non-hydrogen) atoms. The summed E-state index contributed by atoms with van der Waals surface area (Å²) in [6, 6.07) is 28.1. The van der Waals surface area contributed by atoms with Gasteiger partial charge in [-0.15, -0.1) is 0 Å². The van der Waals surface area contributed by atoms with E-state index in [0.29, 0.717) is 18.4 Å². The zero-order chi connectivity index (χ0) is 34.5. The number of hydrogen-bond donors (Lipinski definition) is 0. The summed E-state index contributed by atoms with van der Waals surface area (Å²) in [4.78, 5) is 41.3. The molecule has 2 saturated heterocycles. The highest BCUT2D eigenvalue weighted by atomic mass is 16.2. The van der Waals surface area contributed by atoms with E-state index in [1.54, 1.807) is 17.3 Å². The van der Waals surface area contributed by atoms with Gasteiger partial charge in [-0.05, 0) is 73.2 Å². The molecule has 2 aromatic carbocycles. The maximum atomic E-state index is 12.5. The Hall–Kier alpha value is -5.60. The van der Waals surface area contributed by atoms with Crippen LogP contribution in [-0.4, -0.2) is 70.6 Å². The number of fused-ring (bicyclic) bond motifs is 1. The quantitative estimate of drug-likeness (QED) is 0.218. The Kier molecular flexibility index (Phi) is 9.69. The molecule has 3 atom stereocenters. The first-order valence-electron chi connectivity index (χ1n) is 16.8. The molecular formula is C41H42N6O2. The first-order valence-corrected chi connectivity index (χ1v) is 16.8. The van der Waals surface area contributed by atoms with Crippen LogP contribution < -0.4 is 9.80 Å². The number of anilines is 2. The summed E-state index contributed by atoms with van der Waals surface area (Å²) < 4.78 is 0. The van der Waals surface area contributed by atoms with E-state index >= 15 is 0 Å². The van der Waals surface area contributed by atoms with Crippen LogP contribution in [0.1, 0.15) is 62.3 Å². The van der Waals surface area contributed by atoms with Crippen LogP contribution in [0.3, 0.4) is 0 Å². The van der Waals surface area contributed by atoms with Crippen molar-refractivity contribution in [2.75, 3.05) is 30.4 Å². The number of hydrogen-bond acceptors (Lipinski definition) is 4. The molecule has 0 bridgehead atoms. The fourth-order valence-corrected chi connectivity index (χ4v) is 6.69. The predicted octanol–water partition coefficient (Wildman–Crippen LogP) is 7.04. The minimum absolute atomic E-state index is 0.00413. The van der Waals surface area contributed by atoms with Gasteiger partial charge in [0.05, 0.1) is 24.7 Å². The number of pyridine rings is 2. The second kappa shape index (κ2) is 14.3. The lowest BCUT2D eigenvalue weighted by molar-refractivity contribution is 0.174. The molecule has 3 aliphatic rings. The molecular weight excluding hydrogens is 608 g/mol. The summed E-state index contributed by atoms with van der Waals surface area (Å²) in [5.74, 6) is 13.9. The fourth-order valence-electron chi connectivity index (χ4n) is 6.69. The standard InChI is InChI=1S/C21H23N3O.C20H19N3O/c1-21(2,3)18-15-24(20(25)23(18)4)19-13-12-17(14-22-19)11-10-16-8-6-5-7-9-16;1-22-17-8-5-9-18(17)23(20(22)24)19-13-12-16(14-21-19)11-10-15-6-3-2-4-7-15/h5-9,12-14,18H,15H2,1-4H3;2-4,6-7,12-14,17-18H,5,8-9H2,1H3. The summed E-state index contributed by atoms with van der Waals surface area (Å²) >= 11 is 0. The maximum Gasteiger partial charge on any atom is 0.326 e. The van der Waals surface area contributed by atoms with Crippen molar-refractivity contribution in [2.45, 2.75) is 58.2 Å². The van der Waals surface area contributed by atoms with Gasteiger partial charge in [-0.2, -0.15) is 0 Å². The normalized spacial score (nSPS) is 19.8. The van der Waals surface area contributed by atoms with E-state index in [4.69, 9.17) is 0 Å². The molecule has 4 aromatic rings. The van der Waals surface area contributed by atoms with E-state index in [0.717, 1.165) is 40.9 Å². The van der Waals surface area contributed by atoms with Gasteiger partial charge in [0.2, 0.25) is 0 Å². The fraction of sp³-hybridized carbons (Fsp3) is 0.317. The number of likely N-dealkylation sites (N-methyl/N-ethyl adjacent to an activating group) is 2. The van der Waals surface area contributed by atoms with Crippen molar-refractivity contribution in [3.05, 3.63) is 120 Å². The molecule has 4 heterocycles. The van der Waals surface area contributed by atoms with Crippen molar-refractivity contribution in [2.24, 2.45) is 5.41 Å². The highest BCUT2D eigenvalue weighted by Crippen LogP contribution is 2.37.